The number of likely N-dealkylation sites (tertiary alicyclic amines) is 1. The van der Waals surface area contributed by atoms with Crippen molar-refractivity contribution in [2.24, 2.45) is 5.92 Å². The molecule has 0 spiro atoms. The van der Waals surface area contributed by atoms with Crippen LogP contribution in [0.2, 0.25) is 0 Å². The van der Waals surface area contributed by atoms with Crippen LogP contribution in [0.5, 0.6) is 11.5 Å². The van der Waals surface area contributed by atoms with E-state index in [9.17, 15) is 9.59 Å². The molecule has 1 N–H and O–H groups in total. The Balaban J connectivity index is 1.85. The highest BCUT2D eigenvalue weighted by atomic mass is 16.5. The molecule has 1 fully saturated rings. The monoisotopic (exact) mass is 349 g/mol. The topological polar surface area (TPSA) is 71.1 Å². The summed E-state index contributed by atoms with van der Waals surface area (Å²) in [4.78, 5) is 27.1. The van der Waals surface area contributed by atoms with Gasteiger partial charge in [-0.05, 0) is 24.1 Å². The zero-order valence-electron chi connectivity index (χ0n) is 15.4. The maximum Gasteiger partial charge on any atom is 0.316 e. The lowest BCUT2D eigenvalue weighted by molar-refractivity contribution is -0.127. The molecule has 25 heavy (non-hydrogen) atoms. The molecule has 1 atom stereocenters. The lowest BCUT2D eigenvalue weighted by Gasteiger charge is -2.18. The van der Waals surface area contributed by atoms with Gasteiger partial charge in [0.2, 0.25) is 5.91 Å². The van der Waals surface area contributed by atoms with Crippen LogP contribution in [0.3, 0.4) is 0 Å². The number of amides is 3. The van der Waals surface area contributed by atoms with Crippen LogP contribution in [0.25, 0.3) is 0 Å². The van der Waals surface area contributed by atoms with Crippen LogP contribution in [0.15, 0.2) is 18.2 Å². The minimum absolute atomic E-state index is 0.128. The van der Waals surface area contributed by atoms with Crippen molar-refractivity contribution in [1.82, 2.24) is 15.1 Å². The lowest BCUT2D eigenvalue weighted by Crippen LogP contribution is -2.38. The summed E-state index contributed by atoms with van der Waals surface area (Å²) in [6.07, 6.45) is 1.24. The summed E-state index contributed by atoms with van der Waals surface area (Å²) in [6, 6.07) is 5.67. The number of nitrogens with one attached hydrogen (secondary N) is 1. The number of methoxy groups -OCH3 is 2. The minimum Gasteiger partial charge on any atom is -0.493 e. The molecule has 0 aliphatic carbocycles. The molecule has 1 aromatic carbocycles. The zero-order chi connectivity index (χ0) is 18.4. The van der Waals surface area contributed by atoms with Crippen LogP contribution in [0.4, 0.5) is 4.79 Å². The van der Waals surface area contributed by atoms with Crippen LogP contribution < -0.4 is 14.8 Å². The highest BCUT2D eigenvalue weighted by Gasteiger charge is 2.29. The Morgan fingerprint density at radius 2 is 2.00 bits per heavy atom. The Morgan fingerprint density at radius 3 is 2.64 bits per heavy atom. The number of nitrogens with zero attached hydrogens (tertiary/aromatic N) is 2. The first-order valence-corrected chi connectivity index (χ1v) is 8.38. The second-order valence-electron chi connectivity index (χ2n) is 6.43. The fourth-order valence-corrected chi connectivity index (χ4v) is 2.90. The van der Waals surface area contributed by atoms with Crippen molar-refractivity contribution >= 4 is 11.9 Å². The average molecular weight is 349 g/mol. The molecule has 7 nitrogen and oxygen atoms in total. The predicted molar refractivity (Wildman–Crippen MR) is 95.0 cm³/mol. The number of hydrogen-bond donors (Lipinski definition) is 1. The van der Waals surface area contributed by atoms with Gasteiger partial charge in [-0.1, -0.05) is 6.07 Å². The fourth-order valence-electron chi connectivity index (χ4n) is 2.90. The average Bonchev–Trinajstić information content (AvgIpc) is 2.97. The third-order valence-corrected chi connectivity index (χ3v) is 4.36. The van der Waals surface area contributed by atoms with Gasteiger partial charge >= 0.3 is 6.03 Å². The van der Waals surface area contributed by atoms with E-state index in [4.69, 9.17) is 9.47 Å². The van der Waals surface area contributed by atoms with Crippen molar-refractivity contribution in [3.8, 4) is 11.5 Å². The van der Waals surface area contributed by atoms with Gasteiger partial charge in [-0.2, -0.15) is 0 Å². The van der Waals surface area contributed by atoms with Crippen molar-refractivity contribution < 1.29 is 19.1 Å². The van der Waals surface area contributed by atoms with Gasteiger partial charge < -0.3 is 24.6 Å². The first kappa shape index (κ1) is 18.9. The SMILES string of the molecule is COc1ccc(CCN2CC(CNC(=O)N(C)C)CC2=O)cc1OC. The van der Waals surface area contributed by atoms with Crippen molar-refractivity contribution in [1.29, 1.82) is 0 Å². The van der Waals surface area contributed by atoms with Crippen molar-refractivity contribution in [3.63, 3.8) is 0 Å². The Hall–Kier alpha value is -2.44. The van der Waals surface area contributed by atoms with Crippen LogP contribution >= 0.6 is 0 Å². The summed E-state index contributed by atoms with van der Waals surface area (Å²) >= 11 is 0. The minimum atomic E-state index is -0.128. The third-order valence-electron chi connectivity index (χ3n) is 4.36. The third kappa shape index (κ3) is 5.01. The molecule has 1 aliphatic rings. The molecule has 1 aromatic rings. The molecule has 2 rings (SSSR count). The highest BCUT2D eigenvalue weighted by molar-refractivity contribution is 5.79. The quantitative estimate of drug-likeness (QED) is 0.807. The lowest BCUT2D eigenvalue weighted by atomic mass is 10.1. The van der Waals surface area contributed by atoms with E-state index in [2.05, 4.69) is 5.32 Å². The van der Waals surface area contributed by atoms with Crippen LogP contribution in [-0.2, 0) is 11.2 Å². The van der Waals surface area contributed by atoms with Gasteiger partial charge in [0, 0.05) is 46.1 Å². The molecule has 0 bridgehead atoms. The molecule has 1 aliphatic heterocycles. The van der Waals surface area contributed by atoms with E-state index in [1.54, 1.807) is 28.3 Å². The molecule has 7 heteroatoms. The Bertz CT molecular complexity index is 618. The zero-order valence-corrected chi connectivity index (χ0v) is 15.4. The van der Waals surface area contributed by atoms with E-state index in [0.717, 1.165) is 12.0 Å². The summed E-state index contributed by atoms with van der Waals surface area (Å²) in [5.41, 5.74) is 1.09. The summed E-state index contributed by atoms with van der Waals surface area (Å²) in [6.45, 7) is 1.86. The van der Waals surface area contributed by atoms with Gasteiger partial charge in [0.05, 0.1) is 14.2 Å². The van der Waals surface area contributed by atoms with E-state index in [0.29, 0.717) is 37.6 Å². The molecule has 1 unspecified atom stereocenters. The summed E-state index contributed by atoms with van der Waals surface area (Å²) in [5.74, 6) is 1.70. The maximum atomic E-state index is 12.2. The molecule has 0 saturated carbocycles. The largest absolute Gasteiger partial charge is 0.493 e. The smallest absolute Gasteiger partial charge is 0.316 e. The summed E-state index contributed by atoms with van der Waals surface area (Å²) in [5, 5.41) is 2.84. The van der Waals surface area contributed by atoms with Crippen molar-refractivity contribution in [2.75, 3.05) is 47.9 Å². The van der Waals surface area contributed by atoms with Crippen molar-refractivity contribution in [2.45, 2.75) is 12.8 Å². The van der Waals surface area contributed by atoms with Crippen LogP contribution in [-0.4, -0.2) is 69.7 Å². The Morgan fingerprint density at radius 1 is 1.28 bits per heavy atom. The molecule has 1 saturated heterocycles. The van der Waals surface area contributed by atoms with Gasteiger partial charge in [0.15, 0.2) is 11.5 Å². The van der Waals surface area contributed by atoms with Gasteiger partial charge in [-0.15, -0.1) is 0 Å². The molecule has 138 valence electrons. The number of ether oxygens (including phenoxy) is 2. The molecular weight excluding hydrogens is 322 g/mol. The number of hydrogen-bond acceptors (Lipinski definition) is 4. The fraction of sp³-hybridized carbons (Fsp3) is 0.556. The summed E-state index contributed by atoms with van der Waals surface area (Å²) < 4.78 is 10.5. The molecular formula is C18H27N3O4. The highest BCUT2D eigenvalue weighted by Crippen LogP contribution is 2.28. The van der Waals surface area contributed by atoms with Crippen molar-refractivity contribution in [3.05, 3.63) is 23.8 Å². The standard InChI is InChI=1S/C18H27N3O4/c1-20(2)18(23)19-11-14-10-17(22)21(12-14)8-7-13-5-6-15(24-3)16(9-13)25-4/h5-6,9,14H,7-8,10-12H2,1-4H3,(H,19,23). The van der Waals surface area contributed by atoms with E-state index in [1.165, 1.54) is 4.90 Å². The van der Waals surface area contributed by atoms with E-state index in [-0.39, 0.29) is 17.9 Å². The number of rotatable bonds is 7. The molecule has 0 radical (unpaired) electrons. The van der Waals surface area contributed by atoms with E-state index >= 15 is 0 Å². The van der Waals surface area contributed by atoms with Gasteiger partial charge in [0.1, 0.15) is 0 Å². The molecule has 0 aromatic heterocycles. The Labute approximate surface area is 148 Å². The molecule has 3 amide bonds. The normalized spacial score (nSPS) is 16.7. The van der Waals surface area contributed by atoms with E-state index < -0.39 is 0 Å². The Kier molecular flexibility index (Phi) is 6.50. The second kappa shape index (κ2) is 8.60. The molecule has 1 heterocycles. The number of carbonyl (C=O) groups excluding carboxylic acids is 2. The number of benzene rings is 1. The van der Waals surface area contributed by atoms with Crippen LogP contribution in [0, 0.1) is 5.92 Å². The van der Waals surface area contributed by atoms with Crippen LogP contribution in [0.1, 0.15) is 12.0 Å². The number of carbonyl (C=O) groups is 2. The van der Waals surface area contributed by atoms with Gasteiger partial charge in [-0.25, -0.2) is 4.79 Å². The van der Waals surface area contributed by atoms with Gasteiger partial charge in [-0.3, -0.25) is 4.79 Å². The predicted octanol–water partition coefficient (Wildman–Crippen LogP) is 1.37. The second-order valence-corrected chi connectivity index (χ2v) is 6.43. The number of urea groups is 1. The summed E-state index contributed by atoms with van der Waals surface area (Å²) in [7, 11) is 6.61. The first-order chi connectivity index (χ1) is 11.9. The van der Waals surface area contributed by atoms with E-state index in [1.807, 2.05) is 23.1 Å². The maximum absolute atomic E-state index is 12.2. The van der Waals surface area contributed by atoms with Gasteiger partial charge in [0.25, 0.3) is 0 Å². The first-order valence-electron chi connectivity index (χ1n) is 8.38.